The first-order valence-electron chi connectivity index (χ1n) is 4.64. The van der Waals surface area contributed by atoms with Gasteiger partial charge in [-0.05, 0) is 12.0 Å². The van der Waals surface area contributed by atoms with Crippen LogP contribution in [-0.4, -0.2) is 25.6 Å². The lowest BCUT2D eigenvalue weighted by Gasteiger charge is -2.02. The average Bonchev–Trinajstić information content (AvgIpc) is 2.58. The zero-order valence-corrected chi connectivity index (χ0v) is 8.34. The number of aromatic nitrogens is 3. The van der Waals surface area contributed by atoms with Crippen molar-refractivity contribution in [3.63, 3.8) is 0 Å². The predicted molar refractivity (Wildman–Crippen MR) is 54.5 cm³/mol. The second-order valence-electron chi connectivity index (χ2n) is 3.42. The first kappa shape index (κ1) is 9.64. The molecule has 0 unspecified atom stereocenters. The molecule has 0 aliphatic rings. The Bertz CT molecular complexity index is 504. The van der Waals surface area contributed by atoms with Gasteiger partial charge in [0.1, 0.15) is 5.52 Å². The van der Waals surface area contributed by atoms with E-state index in [0.29, 0.717) is 6.42 Å². The zero-order valence-electron chi connectivity index (χ0n) is 8.34. The highest BCUT2D eigenvalue weighted by Gasteiger charge is 2.07. The normalized spacial score (nSPS) is 10.7. The molecular weight excluding hydrogens is 194 g/mol. The van der Waals surface area contributed by atoms with Crippen LogP contribution in [0.5, 0.6) is 0 Å². The number of rotatable bonds is 3. The fourth-order valence-corrected chi connectivity index (χ4v) is 1.62. The number of aryl methyl sites for hydroxylation is 2. The van der Waals surface area contributed by atoms with E-state index in [1.165, 1.54) is 0 Å². The number of hydrogen-bond donors (Lipinski definition) is 1. The zero-order chi connectivity index (χ0) is 10.8. The summed E-state index contributed by atoms with van der Waals surface area (Å²) in [5.74, 6) is -0.797. The summed E-state index contributed by atoms with van der Waals surface area (Å²) in [7, 11) is 1.89. The average molecular weight is 205 g/mol. The molecule has 78 valence electrons. The van der Waals surface area contributed by atoms with Crippen molar-refractivity contribution in [2.75, 3.05) is 0 Å². The van der Waals surface area contributed by atoms with E-state index in [0.717, 1.165) is 16.6 Å². The minimum absolute atomic E-state index is 0.117. The van der Waals surface area contributed by atoms with Gasteiger partial charge in [0.25, 0.3) is 0 Å². The summed E-state index contributed by atoms with van der Waals surface area (Å²) in [5, 5.41) is 8.62. The highest BCUT2D eigenvalue weighted by Crippen LogP contribution is 2.16. The molecule has 0 radical (unpaired) electrons. The Hall–Kier alpha value is -1.91. The molecule has 0 spiro atoms. The van der Waals surface area contributed by atoms with Gasteiger partial charge in [-0.25, -0.2) is 4.98 Å². The van der Waals surface area contributed by atoms with E-state index >= 15 is 0 Å². The largest absolute Gasteiger partial charge is 0.481 e. The lowest BCUT2D eigenvalue weighted by Crippen LogP contribution is -2.00. The van der Waals surface area contributed by atoms with Crippen molar-refractivity contribution >= 4 is 17.0 Å². The van der Waals surface area contributed by atoms with Crippen molar-refractivity contribution in [3.8, 4) is 0 Å². The smallest absolute Gasteiger partial charge is 0.303 e. The molecule has 2 aromatic heterocycles. The first-order chi connectivity index (χ1) is 7.18. The summed E-state index contributed by atoms with van der Waals surface area (Å²) >= 11 is 0. The molecule has 0 saturated heterocycles. The highest BCUT2D eigenvalue weighted by atomic mass is 16.4. The third kappa shape index (κ3) is 1.81. The fourth-order valence-electron chi connectivity index (χ4n) is 1.62. The molecule has 2 aromatic rings. The standard InChI is InChI=1S/C10H11N3O2/c1-13-6-12-8-5-11-4-7(10(8)13)2-3-9(14)15/h4-6H,2-3H2,1H3,(H,14,15). The van der Waals surface area contributed by atoms with Crippen molar-refractivity contribution in [2.24, 2.45) is 7.05 Å². The van der Waals surface area contributed by atoms with Crippen LogP contribution in [-0.2, 0) is 18.3 Å². The Labute approximate surface area is 86.4 Å². The quantitative estimate of drug-likeness (QED) is 0.811. The highest BCUT2D eigenvalue weighted by molar-refractivity contribution is 5.78. The number of carboxylic acids is 1. The van der Waals surface area contributed by atoms with Crippen molar-refractivity contribution < 1.29 is 9.90 Å². The molecule has 5 heteroatoms. The molecule has 0 aromatic carbocycles. The van der Waals surface area contributed by atoms with E-state index in [1.54, 1.807) is 18.7 Å². The Morgan fingerprint density at radius 2 is 2.33 bits per heavy atom. The maximum absolute atomic E-state index is 10.5. The molecule has 5 nitrogen and oxygen atoms in total. The SMILES string of the molecule is Cn1cnc2cncc(CCC(=O)O)c21. The Balaban J connectivity index is 2.41. The maximum atomic E-state index is 10.5. The third-order valence-corrected chi connectivity index (χ3v) is 2.30. The van der Waals surface area contributed by atoms with Gasteiger partial charge in [-0.2, -0.15) is 0 Å². The first-order valence-corrected chi connectivity index (χ1v) is 4.64. The van der Waals surface area contributed by atoms with Gasteiger partial charge >= 0.3 is 5.97 Å². The summed E-state index contributed by atoms with van der Waals surface area (Å²) < 4.78 is 1.88. The molecule has 0 amide bonds. The predicted octanol–water partition coefficient (Wildman–Crippen LogP) is 0.985. The van der Waals surface area contributed by atoms with Crippen molar-refractivity contribution in [1.29, 1.82) is 0 Å². The van der Waals surface area contributed by atoms with Crippen LogP contribution in [0.25, 0.3) is 11.0 Å². The molecule has 2 rings (SSSR count). The number of carbonyl (C=O) groups is 1. The van der Waals surface area contributed by atoms with E-state index in [-0.39, 0.29) is 6.42 Å². The molecule has 0 aliphatic carbocycles. The van der Waals surface area contributed by atoms with Gasteiger partial charge in [0.2, 0.25) is 0 Å². The van der Waals surface area contributed by atoms with Gasteiger partial charge in [0.05, 0.1) is 18.0 Å². The van der Waals surface area contributed by atoms with Crippen LogP contribution in [0.4, 0.5) is 0 Å². The number of nitrogens with zero attached hydrogens (tertiary/aromatic N) is 3. The lowest BCUT2D eigenvalue weighted by molar-refractivity contribution is -0.136. The van der Waals surface area contributed by atoms with Gasteiger partial charge in [0.15, 0.2) is 0 Å². The molecule has 1 N–H and O–H groups in total. The number of fused-ring (bicyclic) bond motifs is 1. The van der Waals surface area contributed by atoms with Crippen LogP contribution in [0.3, 0.4) is 0 Å². The number of carboxylic acid groups (broad SMARTS) is 1. The summed E-state index contributed by atoms with van der Waals surface area (Å²) in [4.78, 5) is 18.7. The molecular formula is C10H11N3O2. The minimum Gasteiger partial charge on any atom is -0.481 e. The Morgan fingerprint density at radius 3 is 3.07 bits per heavy atom. The van der Waals surface area contributed by atoms with Crippen LogP contribution in [0.2, 0.25) is 0 Å². The second-order valence-corrected chi connectivity index (χ2v) is 3.42. The van der Waals surface area contributed by atoms with E-state index in [1.807, 2.05) is 11.6 Å². The van der Waals surface area contributed by atoms with Crippen LogP contribution < -0.4 is 0 Å². The summed E-state index contributed by atoms with van der Waals surface area (Å²) in [6.07, 6.45) is 5.69. The van der Waals surface area contributed by atoms with Gasteiger partial charge in [0, 0.05) is 19.7 Å². The van der Waals surface area contributed by atoms with E-state index in [9.17, 15) is 4.79 Å². The van der Waals surface area contributed by atoms with Gasteiger partial charge < -0.3 is 9.67 Å². The summed E-state index contributed by atoms with van der Waals surface area (Å²) in [6, 6.07) is 0. The molecule has 0 atom stereocenters. The van der Waals surface area contributed by atoms with Gasteiger partial charge in [-0.3, -0.25) is 9.78 Å². The van der Waals surface area contributed by atoms with Crippen molar-refractivity contribution in [2.45, 2.75) is 12.8 Å². The topological polar surface area (TPSA) is 68.0 Å². The van der Waals surface area contributed by atoms with Crippen LogP contribution in [0.1, 0.15) is 12.0 Å². The van der Waals surface area contributed by atoms with Gasteiger partial charge in [-0.1, -0.05) is 0 Å². The number of aliphatic carboxylic acids is 1. The minimum atomic E-state index is -0.797. The number of imidazole rings is 1. The van der Waals surface area contributed by atoms with Crippen LogP contribution in [0.15, 0.2) is 18.7 Å². The Kier molecular flexibility index (Phi) is 2.37. The van der Waals surface area contributed by atoms with E-state index in [4.69, 9.17) is 5.11 Å². The van der Waals surface area contributed by atoms with Gasteiger partial charge in [-0.15, -0.1) is 0 Å². The lowest BCUT2D eigenvalue weighted by atomic mass is 10.1. The molecule has 2 heterocycles. The monoisotopic (exact) mass is 205 g/mol. The third-order valence-electron chi connectivity index (χ3n) is 2.30. The van der Waals surface area contributed by atoms with Crippen molar-refractivity contribution in [1.82, 2.24) is 14.5 Å². The molecule has 0 aliphatic heterocycles. The van der Waals surface area contributed by atoms with Crippen LogP contribution >= 0.6 is 0 Å². The number of pyridine rings is 1. The number of hydrogen-bond acceptors (Lipinski definition) is 3. The molecule has 15 heavy (non-hydrogen) atoms. The summed E-state index contributed by atoms with van der Waals surface area (Å²) in [5.41, 5.74) is 2.70. The molecule has 0 bridgehead atoms. The van der Waals surface area contributed by atoms with E-state index in [2.05, 4.69) is 9.97 Å². The Morgan fingerprint density at radius 1 is 1.53 bits per heavy atom. The van der Waals surface area contributed by atoms with E-state index < -0.39 is 5.97 Å². The van der Waals surface area contributed by atoms with Crippen molar-refractivity contribution in [3.05, 3.63) is 24.3 Å². The van der Waals surface area contributed by atoms with Crippen LogP contribution in [0, 0.1) is 0 Å². The molecule has 0 fully saturated rings. The second kappa shape index (κ2) is 3.68. The molecule has 0 saturated carbocycles. The fraction of sp³-hybridized carbons (Fsp3) is 0.300. The summed E-state index contributed by atoms with van der Waals surface area (Å²) in [6.45, 7) is 0. The maximum Gasteiger partial charge on any atom is 0.303 e.